The van der Waals surface area contributed by atoms with Crippen molar-refractivity contribution in [3.63, 3.8) is 0 Å². The number of carbonyl (C=O) groups excluding carboxylic acids is 1. The smallest absolute Gasteiger partial charge is 0.255 e. The number of hydrogen-bond acceptors (Lipinski definition) is 2. The van der Waals surface area contributed by atoms with Crippen LogP contribution in [0.15, 0.2) is 18.2 Å². The van der Waals surface area contributed by atoms with E-state index in [9.17, 15) is 4.79 Å². The van der Waals surface area contributed by atoms with Crippen molar-refractivity contribution in [2.75, 3.05) is 7.11 Å². The fourth-order valence-electron chi connectivity index (χ4n) is 6.24. The molecule has 1 aromatic rings. The van der Waals surface area contributed by atoms with Gasteiger partial charge >= 0.3 is 0 Å². The lowest BCUT2D eigenvalue weighted by molar-refractivity contribution is -0.0688. The summed E-state index contributed by atoms with van der Waals surface area (Å²) < 4.78 is 5.47. The van der Waals surface area contributed by atoms with Crippen LogP contribution in [0, 0.1) is 30.1 Å². The highest BCUT2D eigenvalue weighted by molar-refractivity contribution is 5.97. The molecule has 0 spiro atoms. The third-order valence-electron chi connectivity index (χ3n) is 7.01. The Morgan fingerprint density at radius 1 is 1.17 bits per heavy atom. The number of carbonyl (C=O) groups is 1. The van der Waals surface area contributed by atoms with E-state index < -0.39 is 0 Å². The van der Waals surface area contributed by atoms with Gasteiger partial charge in [-0.3, -0.25) is 4.79 Å². The van der Waals surface area contributed by atoms with Gasteiger partial charge in [0.2, 0.25) is 0 Å². The van der Waals surface area contributed by atoms with Gasteiger partial charge in [0, 0.05) is 6.04 Å². The Bertz CT molecular complexity index is 616. The van der Waals surface area contributed by atoms with Crippen LogP contribution in [-0.4, -0.2) is 19.1 Å². The highest BCUT2D eigenvalue weighted by atomic mass is 16.5. The Morgan fingerprint density at radius 3 is 2.29 bits per heavy atom. The number of nitrogens with one attached hydrogen (secondary N) is 1. The maximum atomic E-state index is 12.9. The second kappa shape index (κ2) is 5.79. The van der Waals surface area contributed by atoms with Gasteiger partial charge in [-0.25, -0.2) is 0 Å². The molecule has 0 heterocycles. The molecule has 1 unspecified atom stereocenters. The summed E-state index contributed by atoms with van der Waals surface area (Å²) in [4.78, 5) is 12.9. The van der Waals surface area contributed by atoms with E-state index in [1.807, 2.05) is 25.1 Å². The maximum absolute atomic E-state index is 12.9. The van der Waals surface area contributed by atoms with E-state index in [1.165, 1.54) is 38.5 Å². The Hall–Kier alpha value is -1.51. The molecule has 24 heavy (non-hydrogen) atoms. The average molecular weight is 327 g/mol. The molecule has 4 aliphatic carbocycles. The van der Waals surface area contributed by atoms with Gasteiger partial charge in [-0.2, -0.15) is 0 Å². The van der Waals surface area contributed by atoms with Crippen molar-refractivity contribution >= 4 is 5.91 Å². The van der Waals surface area contributed by atoms with Gasteiger partial charge < -0.3 is 10.1 Å². The monoisotopic (exact) mass is 327 g/mol. The van der Waals surface area contributed by atoms with Crippen LogP contribution in [-0.2, 0) is 0 Å². The first-order chi connectivity index (χ1) is 11.5. The van der Waals surface area contributed by atoms with Gasteiger partial charge in [-0.1, -0.05) is 12.1 Å². The summed E-state index contributed by atoms with van der Waals surface area (Å²) in [6, 6.07) is 6.03. The third kappa shape index (κ3) is 2.53. The fourth-order valence-corrected chi connectivity index (χ4v) is 6.24. The standard InChI is InChI=1S/C21H29NO2/c1-13-5-4-6-18(19(13)24-3)20(23)22-14(2)21-10-15-7-16(11-21)9-17(8-15)12-21/h4-6,14-17H,7-12H2,1-3H3,(H,22,23). The maximum Gasteiger partial charge on any atom is 0.255 e. The Morgan fingerprint density at radius 2 is 1.75 bits per heavy atom. The van der Waals surface area contributed by atoms with Gasteiger partial charge in [-0.15, -0.1) is 0 Å². The molecule has 3 heteroatoms. The summed E-state index contributed by atoms with van der Waals surface area (Å²) in [5.41, 5.74) is 2.00. The van der Waals surface area contributed by atoms with Gasteiger partial charge in [-0.05, 0) is 87.2 Å². The Kier molecular flexibility index (Phi) is 3.85. The molecule has 1 amide bonds. The summed E-state index contributed by atoms with van der Waals surface area (Å²) in [6.07, 6.45) is 8.24. The van der Waals surface area contributed by atoms with Crippen molar-refractivity contribution in [2.45, 2.75) is 58.4 Å². The predicted octanol–water partition coefficient (Wildman–Crippen LogP) is 4.34. The van der Waals surface area contributed by atoms with Crippen molar-refractivity contribution in [1.29, 1.82) is 0 Å². The molecule has 1 aromatic carbocycles. The first-order valence-corrected chi connectivity index (χ1v) is 9.45. The predicted molar refractivity (Wildman–Crippen MR) is 95.3 cm³/mol. The van der Waals surface area contributed by atoms with E-state index in [0.717, 1.165) is 23.3 Å². The topological polar surface area (TPSA) is 38.3 Å². The summed E-state index contributed by atoms with van der Waals surface area (Å²) >= 11 is 0. The zero-order valence-corrected chi connectivity index (χ0v) is 15.1. The first kappa shape index (κ1) is 16.0. The normalized spacial score (nSPS) is 34.9. The lowest BCUT2D eigenvalue weighted by Gasteiger charge is -2.59. The second-order valence-corrected chi connectivity index (χ2v) is 8.63. The van der Waals surface area contributed by atoms with Crippen molar-refractivity contribution in [3.8, 4) is 5.75 Å². The van der Waals surface area contributed by atoms with E-state index >= 15 is 0 Å². The average Bonchev–Trinajstić information content (AvgIpc) is 2.53. The third-order valence-corrected chi connectivity index (χ3v) is 7.01. The SMILES string of the molecule is COc1c(C)cccc1C(=O)NC(C)C12CC3CC(CC(C3)C1)C2. The molecule has 3 nitrogen and oxygen atoms in total. The zero-order chi connectivity index (χ0) is 16.9. The zero-order valence-electron chi connectivity index (χ0n) is 15.1. The van der Waals surface area contributed by atoms with Gasteiger partial charge in [0.05, 0.1) is 12.7 Å². The van der Waals surface area contributed by atoms with Crippen molar-refractivity contribution in [2.24, 2.45) is 23.2 Å². The lowest BCUT2D eigenvalue weighted by Crippen LogP contribution is -2.55. The molecule has 4 bridgehead atoms. The molecule has 0 saturated heterocycles. The number of ether oxygens (including phenoxy) is 1. The van der Waals surface area contributed by atoms with E-state index in [0.29, 0.717) is 16.7 Å². The van der Waals surface area contributed by atoms with E-state index in [4.69, 9.17) is 4.74 Å². The Labute approximate surface area is 145 Å². The number of amides is 1. The lowest BCUT2D eigenvalue weighted by atomic mass is 9.48. The highest BCUT2D eigenvalue weighted by Crippen LogP contribution is 2.61. The number of para-hydroxylation sites is 1. The number of rotatable bonds is 4. The molecule has 0 aliphatic heterocycles. The first-order valence-electron chi connectivity index (χ1n) is 9.45. The van der Waals surface area contributed by atoms with E-state index in [2.05, 4.69) is 12.2 Å². The summed E-state index contributed by atoms with van der Waals surface area (Å²) in [5.74, 6) is 3.43. The molecule has 0 aromatic heterocycles. The fraction of sp³-hybridized carbons (Fsp3) is 0.667. The second-order valence-electron chi connectivity index (χ2n) is 8.63. The number of methoxy groups -OCH3 is 1. The van der Waals surface area contributed by atoms with Crippen LogP contribution < -0.4 is 10.1 Å². The molecule has 4 aliphatic rings. The van der Waals surface area contributed by atoms with Crippen LogP contribution in [0.1, 0.15) is 61.4 Å². The van der Waals surface area contributed by atoms with Crippen LogP contribution >= 0.6 is 0 Å². The summed E-state index contributed by atoms with van der Waals surface area (Å²) in [6.45, 7) is 4.21. The molecule has 1 atom stereocenters. The summed E-state index contributed by atoms with van der Waals surface area (Å²) in [7, 11) is 1.64. The molecule has 5 rings (SSSR count). The number of aryl methyl sites for hydroxylation is 1. The molecular formula is C21H29NO2. The van der Waals surface area contributed by atoms with E-state index in [-0.39, 0.29) is 11.9 Å². The van der Waals surface area contributed by atoms with Gasteiger partial charge in [0.25, 0.3) is 5.91 Å². The van der Waals surface area contributed by atoms with E-state index in [1.54, 1.807) is 7.11 Å². The van der Waals surface area contributed by atoms with Crippen molar-refractivity contribution in [1.82, 2.24) is 5.32 Å². The minimum absolute atomic E-state index is 0.0128. The van der Waals surface area contributed by atoms with Crippen LogP contribution in [0.4, 0.5) is 0 Å². The van der Waals surface area contributed by atoms with Gasteiger partial charge in [0.15, 0.2) is 0 Å². The number of hydrogen-bond donors (Lipinski definition) is 1. The molecule has 130 valence electrons. The molecule has 4 saturated carbocycles. The minimum Gasteiger partial charge on any atom is -0.496 e. The van der Waals surface area contributed by atoms with Gasteiger partial charge in [0.1, 0.15) is 5.75 Å². The summed E-state index contributed by atoms with van der Waals surface area (Å²) in [5, 5.41) is 3.34. The van der Waals surface area contributed by atoms with Crippen LogP contribution in [0.3, 0.4) is 0 Å². The molecule has 1 N–H and O–H groups in total. The van der Waals surface area contributed by atoms with Crippen molar-refractivity contribution < 1.29 is 9.53 Å². The molecular weight excluding hydrogens is 298 g/mol. The number of benzene rings is 1. The quantitative estimate of drug-likeness (QED) is 0.893. The van der Waals surface area contributed by atoms with Crippen LogP contribution in [0.2, 0.25) is 0 Å². The minimum atomic E-state index is 0.0128. The Balaban J connectivity index is 1.53. The largest absolute Gasteiger partial charge is 0.496 e. The highest BCUT2D eigenvalue weighted by Gasteiger charge is 2.53. The molecule has 4 fully saturated rings. The van der Waals surface area contributed by atoms with Crippen molar-refractivity contribution in [3.05, 3.63) is 29.3 Å². The van der Waals surface area contributed by atoms with Crippen LogP contribution in [0.25, 0.3) is 0 Å². The molecule has 0 radical (unpaired) electrons. The van der Waals surface area contributed by atoms with Crippen LogP contribution in [0.5, 0.6) is 5.75 Å².